The van der Waals surface area contributed by atoms with Crippen LogP contribution in [0, 0.1) is 11.8 Å². The monoisotopic (exact) mass is 158 g/mol. The van der Waals surface area contributed by atoms with Crippen LogP contribution in [0.5, 0.6) is 0 Å². The fourth-order valence-corrected chi connectivity index (χ4v) is 1.96. The van der Waals surface area contributed by atoms with Crippen LogP contribution in [0.4, 0.5) is 0 Å². The van der Waals surface area contributed by atoms with Crippen molar-refractivity contribution in [2.75, 3.05) is 7.11 Å². The Labute approximate surface area is 68.6 Å². The Balaban J connectivity index is 2.47. The number of hydrogen-bond acceptors (Lipinski definition) is 2. The van der Waals surface area contributed by atoms with Crippen molar-refractivity contribution in [3.05, 3.63) is 0 Å². The van der Waals surface area contributed by atoms with Gasteiger partial charge in [0.15, 0.2) is 0 Å². The minimum absolute atomic E-state index is 0.124. The molecular formula is C9H18O2. The molecule has 0 spiro atoms. The Morgan fingerprint density at radius 1 is 1.18 bits per heavy atom. The van der Waals surface area contributed by atoms with Gasteiger partial charge in [-0.15, -0.1) is 0 Å². The zero-order valence-electron chi connectivity index (χ0n) is 7.58. The molecule has 0 aromatic rings. The summed E-state index contributed by atoms with van der Waals surface area (Å²) >= 11 is 0. The maximum absolute atomic E-state index is 9.60. The highest BCUT2D eigenvalue weighted by atomic mass is 16.5. The first-order valence-corrected chi connectivity index (χ1v) is 4.36. The minimum atomic E-state index is -0.124. The second-order valence-electron chi connectivity index (χ2n) is 3.77. The summed E-state index contributed by atoms with van der Waals surface area (Å²) in [6.45, 7) is 4.18. The summed E-state index contributed by atoms with van der Waals surface area (Å²) in [5.74, 6) is 0.785. The summed E-state index contributed by atoms with van der Waals surface area (Å²) in [5.41, 5.74) is 0. The Hall–Kier alpha value is -0.0800. The molecule has 0 aromatic carbocycles. The van der Waals surface area contributed by atoms with Crippen molar-refractivity contribution < 1.29 is 9.84 Å². The zero-order valence-corrected chi connectivity index (χ0v) is 7.58. The van der Waals surface area contributed by atoms with Crippen molar-refractivity contribution in [2.45, 2.75) is 38.9 Å². The number of rotatable bonds is 1. The summed E-state index contributed by atoms with van der Waals surface area (Å²) in [7, 11) is 1.75. The van der Waals surface area contributed by atoms with Crippen LogP contribution in [0.2, 0.25) is 0 Å². The predicted molar refractivity (Wildman–Crippen MR) is 44.4 cm³/mol. The zero-order chi connectivity index (χ0) is 8.43. The van der Waals surface area contributed by atoms with Crippen molar-refractivity contribution in [1.82, 2.24) is 0 Å². The van der Waals surface area contributed by atoms with E-state index in [1.54, 1.807) is 7.11 Å². The highest BCUT2D eigenvalue weighted by molar-refractivity contribution is 4.82. The van der Waals surface area contributed by atoms with Gasteiger partial charge >= 0.3 is 0 Å². The lowest BCUT2D eigenvalue weighted by Crippen LogP contribution is -2.37. The fraction of sp³-hybridized carbons (Fsp3) is 1.00. The van der Waals surface area contributed by atoms with Crippen LogP contribution in [0.1, 0.15) is 26.7 Å². The van der Waals surface area contributed by atoms with Crippen molar-refractivity contribution in [1.29, 1.82) is 0 Å². The third-order valence-electron chi connectivity index (χ3n) is 2.77. The number of hydrogen-bond donors (Lipinski definition) is 1. The quantitative estimate of drug-likeness (QED) is 0.625. The maximum atomic E-state index is 9.60. The SMILES string of the molecule is COC1CC(C)C(O)C(C)C1. The van der Waals surface area contributed by atoms with E-state index < -0.39 is 0 Å². The molecule has 1 N–H and O–H groups in total. The van der Waals surface area contributed by atoms with E-state index in [0.717, 1.165) is 12.8 Å². The standard InChI is InChI=1S/C9H18O2/c1-6-4-8(11-3)5-7(2)9(6)10/h6-10H,4-5H2,1-3H3. The lowest BCUT2D eigenvalue weighted by molar-refractivity contribution is -0.0403. The van der Waals surface area contributed by atoms with Gasteiger partial charge in [-0.25, -0.2) is 0 Å². The molecule has 11 heavy (non-hydrogen) atoms. The van der Waals surface area contributed by atoms with E-state index in [1.165, 1.54) is 0 Å². The van der Waals surface area contributed by atoms with Crippen LogP contribution in [0.15, 0.2) is 0 Å². The average molecular weight is 158 g/mol. The van der Waals surface area contributed by atoms with Gasteiger partial charge < -0.3 is 9.84 Å². The molecule has 1 aliphatic rings. The van der Waals surface area contributed by atoms with Crippen LogP contribution < -0.4 is 0 Å². The molecule has 1 saturated carbocycles. The van der Waals surface area contributed by atoms with Crippen LogP contribution in [-0.2, 0) is 4.74 Å². The molecule has 0 saturated heterocycles. The third kappa shape index (κ3) is 1.94. The molecule has 1 fully saturated rings. The van der Waals surface area contributed by atoms with Gasteiger partial charge in [0.1, 0.15) is 0 Å². The second-order valence-corrected chi connectivity index (χ2v) is 3.77. The lowest BCUT2D eigenvalue weighted by Gasteiger charge is -2.35. The highest BCUT2D eigenvalue weighted by Gasteiger charge is 2.31. The molecular weight excluding hydrogens is 140 g/mol. The second kappa shape index (κ2) is 3.55. The van der Waals surface area contributed by atoms with E-state index in [1.807, 2.05) is 0 Å². The number of ether oxygens (including phenoxy) is 1. The van der Waals surface area contributed by atoms with Gasteiger partial charge in [0.2, 0.25) is 0 Å². The molecule has 0 heterocycles. The Morgan fingerprint density at radius 3 is 2.00 bits per heavy atom. The normalized spacial score (nSPS) is 45.8. The van der Waals surface area contributed by atoms with E-state index in [9.17, 15) is 5.11 Å². The van der Waals surface area contributed by atoms with Crippen LogP contribution in [-0.4, -0.2) is 24.4 Å². The van der Waals surface area contributed by atoms with Gasteiger partial charge in [0.05, 0.1) is 12.2 Å². The Kier molecular flexibility index (Phi) is 2.90. The molecule has 1 rings (SSSR count). The molecule has 2 nitrogen and oxygen atoms in total. The van der Waals surface area contributed by atoms with Gasteiger partial charge in [-0.1, -0.05) is 13.8 Å². The number of methoxy groups -OCH3 is 1. The van der Waals surface area contributed by atoms with E-state index in [0.29, 0.717) is 17.9 Å². The maximum Gasteiger partial charge on any atom is 0.0593 e. The van der Waals surface area contributed by atoms with Crippen LogP contribution in [0.3, 0.4) is 0 Å². The number of aliphatic hydroxyl groups is 1. The summed E-state index contributed by atoms with van der Waals surface area (Å²) in [4.78, 5) is 0. The summed E-state index contributed by atoms with van der Waals surface area (Å²) in [6.07, 6.45) is 2.24. The van der Waals surface area contributed by atoms with Gasteiger partial charge in [0.25, 0.3) is 0 Å². The van der Waals surface area contributed by atoms with Gasteiger partial charge in [-0.05, 0) is 24.7 Å². The topological polar surface area (TPSA) is 29.5 Å². The molecule has 2 heteroatoms. The third-order valence-corrected chi connectivity index (χ3v) is 2.77. The predicted octanol–water partition coefficient (Wildman–Crippen LogP) is 1.43. The Morgan fingerprint density at radius 2 is 1.64 bits per heavy atom. The molecule has 0 aromatic heterocycles. The molecule has 66 valence electrons. The van der Waals surface area contributed by atoms with Gasteiger partial charge in [-0.3, -0.25) is 0 Å². The molecule has 0 aliphatic heterocycles. The fourth-order valence-electron chi connectivity index (χ4n) is 1.96. The van der Waals surface area contributed by atoms with E-state index >= 15 is 0 Å². The largest absolute Gasteiger partial charge is 0.393 e. The van der Waals surface area contributed by atoms with Crippen molar-refractivity contribution in [2.24, 2.45) is 11.8 Å². The minimum Gasteiger partial charge on any atom is -0.393 e. The molecule has 1 aliphatic carbocycles. The lowest BCUT2D eigenvalue weighted by atomic mass is 9.79. The van der Waals surface area contributed by atoms with E-state index in [2.05, 4.69) is 13.8 Å². The summed E-state index contributed by atoms with van der Waals surface area (Å²) in [6, 6.07) is 0. The van der Waals surface area contributed by atoms with Gasteiger partial charge in [-0.2, -0.15) is 0 Å². The van der Waals surface area contributed by atoms with Crippen molar-refractivity contribution in [3.8, 4) is 0 Å². The van der Waals surface area contributed by atoms with E-state index in [-0.39, 0.29) is 6.10 Å². The first-order chi connectivity index (χ1) is 5.15. The molecule has 2 atom stereocenters. The smallest absolute Gasteiger partial charge is 0.0593 e. The molecule has 0 amide bonds. The molecule has 0 radical (unpaired) electrons. The first kappa shape index (κ1) is 9.01. The molecule has 2 unspecified atom stereocenters. The van der Waals surface area contributed by atoms with Gasteiger partial charge in [0, 0.05) is 7.11 Å². The van der Waals surface area contributed by atoms with Crippen LogP contribution >= 0.6 is 0 Å². The van der Waals surface area contributed by atoms with Crippen LogP contribution in [0.25, 0.3) is 0 Å². The highest BCUT2D eigenvalue weighted by Crippen LogP contribution is 2.30. The van der Waals surface area contributed by atoms with E-state index in [4.69, 9.17) is 4.74 Å². The van der Waals surface area contributed by atoms with Crippen molar-refractivity contribution in [3.63, 3.8) is 0 Å². The average Bonchev–Trinajstić information content (AvgIpc) is 1.99. The molecule has 0 bridgehead atoms. The Bertz CT molecular complexity index is 113. The summed E-state index contributed by atoms with van der Waals surface area (Å²) in [5, 5.41) is 9.60. The first-order valence-electron chi connectivity index (χ1n) is 4.36. The summed E-state index contributed by atoms with van der Waals surface area (Å²) < 4.78 is 5.27. The van der Waals surface area contributed by atoms with Crippen molar-refractivity contribution >= 4 is 0 Å². The number of aliphatic hydroxyl groups excluding tert-OH is 1.